The topological polar surface area (TPSA) is 57.5 Å². The van der Waals surface area contributed by atoms with Crippen LogP contribution in [0.25, 0.3) is 17.0 Å². The second-order valence-electron chi connectivity index (χ2n) is 6.12. The number of fused-ring (bicyclic) bond motifs is 1. The summed E-state index contributed by atoms with van der Waals surface area (Å²) < 4.78 is 11.7. The lowest BCUT2D eigenvalue weighted by atomic mass is 10.1. The molecule has 0 saturated heterocycles. The highest BCUT2D eigenvalue weighted by Gasteiger charge is 2.20. The first-order valence-electron chi connectivity index (χ1n) is 8.57. The van der Waals surface area contributed by atoms with Crippen LogP contribution in [-0.4, -0.2) is 30.7 Å². The molecule has 0 amide bonds. The smallest absolute Gasteiger partial charge is 0.310 e. The minimum Gasteiger partial charge on any atom is -0.497 e. The maximum absolute atomic E-state index is 12.9. The highest BCUT2D eigenvalue weighted by Crippen LogP contribution is 2.30. The Morgan fingerprint density at radius 3 is 2.48 bits per heavy atom. The Morgan fingerprint density at radius 1 is 1.07 bits per heavy atom. The Morgan fingerprint density at radius 2 is 1.81 bits per heavy atom. The number of ether oxygens (including phenoxy) is 2. The first-order valence-corrected chi connectivity index (χ1v) is 8.57. The zero-order valence-corrected chi connectivity index (χ0v) is 15.6. The van der Waals surface area contributed by atoms with Crippen LogP contribution >= 0.6 is 0 Å². The van der Waals surface area contributed by atoms with E-state index in [0.29, 0.717) is 11.4 Å². The second kappa shape index (κ2) is 7.91. The van der Waals surface area contributed by atoms with E-state index in [4.69, 9.17) is 9.47 Å². The van der Waals surface area contributed by atoms with Gasteiger partial charge in [0.15, 0.2) is 0 Å². The van der Waals surface area contributed by atoms with Gasteiger partial charge in [-0.25, -0.2) is 0 Å². The van der Waals surface area contributed by atoms with Gasteiger partial charge in [0.25, 0.3) is 5.91 Å². The predicted octanol–water partition coefficient (Wildman–Crippen LogP) is 4.03. The van der Waals surface area contributed by atoms with E-state index in [-0.39, 0.29) is 18.3 Å². The molecular weight excluding hydrogens is 342 g/mol. The molecule has 27 heavy (non-hydrogen) atoms. The van der Waals surface area contributed by atoms with Crippen LogP contribution < -0.4 is 4.74 Å². The molecule has 3 rings (SSSR count). The van der Waals surface area contributed by atoms with Gasteiger partial charge in [-0.1, -0.05) is 30.3 Å². The molecule has 0 radical (unpaired) electrons. The van der Waals surface area contributed by atoms with Crippen molar-refractivity contribution in [1.29, 1.82) is 0 Å². The van der Waals surface area contributed by atoms with Crippen molar-refractivity contribution in [3.63, 3.8) is 0 Å². The highest BCUT2D eigenvalue weighted by atomic mass is 16.5. The first-order chi connectivity index (χ1) is 13.0. The van der Waals surface area contributed by atoms with Gasteiger partial charge in [0, 0.05) is 17.2 Å². The summed E-state index contributed by atoms with van der Waals surface area (Å²) in [7, 11) is 2.93. The summed E-state index contributed by atoms with van der Waals surface area (Å²) >= 11 is 0. The Labute approximate surface area is 157 Å². The summed E-state index contributed by atoms with van der Waals surface area (Å²) in [5.41, 5.74) is 3.15. The van der Waals surface area contributed by atoms with Crippen molar-refractivity contribution in [1.82, 2.24) is 4.57 Å². The normalized spacial score (nSPS) is 11.1. The molecule has 5 nitrogen and oxygen atoms in total. The fourth-order valence-electron chi connectivity index (χ4n) is 3.12. The monoisotopic (exact) mass is 363 g/mol. The summed E-state index contributed by atoms with van der Waals surface area (Å²) in [6.07, 6.45) is 3.40. The molecule has 0 fully saturated rings. The summed E-state index contributed by atoms with van der Waals surface area (Å²) in [6.45, 7) is 1.83. The van der Waals surface area contributed by atoms with Crippen molar-refractivity contribution < 1.29 is 19.1 Å². The lowest BCUT2D eigenvalue weighted by Crippen LogP contribution is -2.10. The van der Waals surface area contributed by atoms with Crippen LogP contribution in [0.3, 0.4) is 0 Å². The van der Waals surface area contributed by atoms with E-state index >= 15 is 0 Å². The van der Waals surface area contributed by atoms with Crippen molar-refractivity contribution in [3.05, 3.63) is 71.4 Å². The lowest BCUT2D eigenvalue weighted by Gasteiger charge is -2.04. The Hall–Kier alpha value is -3.34. The van der Waals surface area contributed by atoms with Gasteiger partial charge in [0.2, 0.25) is 0 Å². The molecule has 0 aliphatic rings. The first kappa shape index (κ1) is 18.5. The summed E-state index contributed by atoms with van der Waals surface area (Å²) in [5, 5.41) is 0.804. The minimum atomic E-state index is -0.354. The molecule has 1 heterocycles. The number of rotatable bonds is 5. The van der Waals surface area contributed by atoms with Gasteiger partial charge in [0.05, 0.1) is 26.2 Å². The van der Waals surface area contributed by atoms with Gasteiger partial charge < -0.3 is 9.47 Å². The number of carbonyl (C=O) groups is 2. The molecule has 0 atom stereocenters. The molecule has 0 N–H and O–H groups in total. The van der Waals surface area contributed by atoms with Gasteiger partial charge in [-0.05, 0) is 42.3 Å². The molecule has 0 aliphatic carbocycles. The van der Waals surface area contributed by atoms with E-state index in [1.165, 1.54) is 13.2 Å². The van der Waals surface area contributed by atoms with Crippen LogP contribution in [0.5, 0.6) is 5.75 Å². The van der Waals surface area contributed by atoms with Crippen molar-refractivity contribution in [2.24, 2.45) is 0 Å². The number of nitrogens with zero attached hydrogens (tertiary/aromatic N) is 1. The molecule has 0 spiro atoms. The minimum absolute atomic E-state index is 0.0919. The van der Waals surface area contributed by atoms with Gasteiger partial charge >= 0.3 is 5.97 Å². The van der Waals surface area contributed by atoms with Gasteiger partial charge in [-0.2, -0.15) is 0 Å². The van der Waals surface area contributed by atoms with E-state index in [9.17, 15) is 9.59 Å². The van der Waals surface area contributed by atoms with E-state index in [1.807, 2.05) is 49.4 Å². The molecule has 0 unspecified atom stereocenters. The summed E-state index contributed by atoms with van der Waals surface area (Å²) in [6, 6.07) is 15.1. The molecule has 138 valence electrons. The molecule has 3 aromatic rings. The maximum Gasteiger partial charge on any atom is 0.310 e. The predicted molar refractivity (Wildman–Crippen MR) is 105 cm³/mol. The third-order valence-corrected chi connectivity index (χ3v) is 4.53. The highest BCUT2D eigenvalue weighted by molar-refractivity contribution is 6.03. The van der Waals surface area contributed by atoms with Crippen LogP contribution in [0, 0.1) is 6.92 Å². The quantitative estimate of drug-likeness (QED) is 0.507. The van der Waals surface area contributed by atoms with Crippen molar-refractivity contribution >= 4 is 28.9 Å². The van der Waals surface area contributed by atoms with Crippen LogP contribution in [0.4, 0.5) is 0 Å². The Balaban J connectivity index is 2.09. The van der Waals surface area contributed by atoms with Crippen molar-refractivity contribution in [2.45, 2.75) is 13.3 Å². The number of aromatic nitrogens is 1. The molecular formula is C22H21NO4. The number of esters is 1. The van der Waals surface area contributed by atoms with E-state index in [2.05, 4.69) is 0 Å². The fourth-order valence-corrected chi connectivity index (χ4v) is 3.12. The molecule has 0 saturated carbocycles. The molecule has 5 heteroatoms. The van der Waals surface area contributed by atoms with Gasteiger partial charge in [-0.15, -0.1) is 0 Å². The summed E-state index contributed by atoms with van der Waals surface area (Å²) in [5.74, 6) is 0.132. The number of hydrogen-bond acceptors (Lipinski definition) is 4. The summed E-state index contributed by atoms with van der Waals surface area (Å²) in [4.78, 5) is 24.8. The van der Waals surface area contributed by atoms with E-state index < -0.39 is 0 Å². The number of benzene rings is 2. The number of carbonyl (C=O) groups excluding carboxylic acids is 2. The largest absolute Gasteiger partial charge is 0.497 e. The van der Waals surface area contributed by atoms with E-state index in [0.717, 1.165) is 22.0 Å². The molecule has 2 aromatic carbocycles. The zero-order chi connectivity index (χ0) is 19.4. The van der Waals surface area contributed by atoms with Crippen LogP contribution in [0.2, 0.25) is 0 Å². The van der Waals surface area contributed by atoms with Crippen LogP contribution in [0.1, 0.15) is 21.6 Å². The number of allylic oxidation sites excluding steroid dienone is 1. The third kappa shape index (κ3) is 3.77. The van der Waals surface area contributed by atoms with E-state index in [1.54, 1.807) is 23.8 Å². The second-order valence-corrected chi connectivity index (χ2v) is 6.12. The number of methoxy groups -OCH3 is 2. The third-order valence-electron chi connectivity index (χ3n) is 4.53. The van der Waals surface area contributed by atoms with Crippen molar-refractivity contribution in [3.8, 4) is 5.75 Å². The van der Waals surface area contributed by atoms with Gasteiger partial charge in [-0.3, -0.25) is 14.2 Å². The van der Waals surface area contributed by atoms with Crippen LogP contribution in [0.15, 0.2) is 54.6 Å². The molecule has 1 aromatic heterocycles. The van der Waals surface area contributed by atoms with Gasteiger partial charge in [0.1, 0.15) is 5.75 Å². The lowest BCUT2D eigenvalue weighted by molar-refractivity contribution is -0.139. The fraction of sp³-hybridized carbons (Fsp3) is 0.182. The molecule has 0 bridgehead atoms. The Kier molecular flexibility index (Phi) is 5.41. The number of hydrogen-bond donors (Lipinski definition) is 0. The maximum atomic E-state index is 12.9. The van der Waals surface area contributed by atoms with Crippen LogP contribution in [-0.2, 0) is 16.0 Å². The average Bonchev–Trinajstić information content (AvgIpc) is 2.97. The Bertz CT molecular complexity index is 1020. The molecule has 0 aliphatic heterocycles. The standard InChI is InChI=1S/C22H21NO4/c1-15-18(14-22(25)27-3)19-13-17(26-2)10-11-20(19)23(15)21(24)12-9-16-7-5-4-6-8-16/h4-13H,14H2,1-3H3/b12-9+. The van der Waals surface area contributed by atoms with Crippen molar-refractivity contribution in [2.75, 3.05) is 14.2 Å². The SMILES string of the molecule is COC(=O)Cc1c(C)n(C(=O)/C=C/c2ccccc2)c2ccc(OC)cc12. The average molecular weight is 363 g/mol. The zero-order valence-electron chi connectivity index (χ0n) is 15.6.